The van der Waals surface area contributed by atoms with Gasteiger partial charge < -0.3 is 18.6 Å². The van der Waals surface area contributed by atoms with Crippen LogP contribution in [0, 0.1) is 0 Å². The zero-order chi connectivity index (χ0) is 22.4. The van der Waals surface area contributed by atoms with E-state index in [-0.39, 0.29) is 19.0 Å². The first-order valence-corrected chi connectivity index (χ1v) is 11.4. The minimum absolute atomic E-state index is 0.125. The minimum Gasteiger partial charge on any atom is -0.463 e. The lowest BCUT2D eigenvalue weighted by Gasteiger charge is -2.24. The summed E-state index contributed by atoms with van der Waals surface area (Å²) >= 11 is 4.50. The Bertz CT molecular complexity index is 1450. The molecule has 0 saturated heterocycles. The summed E-state index contributed by atoms with van der Waals surface area (Å²) in [6.07, 6.45) is 1.66. The lowest BCUT2D eigenvalue weighted by Crippen LogP contribution is -2.39. The highest BCUT2D eigenvalue weighted by Crippen LogP contribution is 2.38. The first-order valence-electron chi connectivity index (χ1n) is 9.81. The topological polar surface area (TPSA) is 92.3 Å². The Morgan fingerprint density at radius 3 is 2.88 bits per heavy atom. The molecule has 0 spiro atoms. The number of rotatable bonds is 4. The van der Waals surface area contributed by atoms with Gasteiger partial charge in [-0.1, -0.05) is 17.4 Å². The molecule has 0 fully saturated rings. The molecule has 1 aromatic carbocycles. The maximum absolute atomic E-state index is 13.5. The van der Waals surface area contributed by atoms with Gasteiger partial charge in [-0.3, -0.25) is 9.36 Å². The van der Waals surface area contributed by atoms with Crippen molar-refractivity contribution < 1.29 is 23.4 Å². The van der Waals surface area contributed by atoms with Crippen molar-refractivity contribution in [1.82, 2.24) is 4.57 Å². The molecule has 32 heavy (non-hydrogen) atoms. The minimum atomic E-state index is -0.717. The van der Waals surface area contributed by atoms with Crippen molar-refractivity contribution in [2.75, 3.05) is 13.4 Å². The molecule has 2 aliphatic rings. The summed E-state index contributed by atoms with van der Waals surface area (Å²) in [7, 11) is 0. The number of nitrogens with zero attached hydrogens (tertiary/aromatic N) is 2. The number of furan rings is 1. The fraction of sp³-hybridized carbons (Fsp3) is 0.227. The quantitative estimate of drug-likeness (QED) is 0.495. The summed E-state index contributed by atoms with van der Waals surface area (Å²) < 4.78 is 24.3. The summed E-state index contributed by atoms with van der Waals surface area (Å²) in [4.78, 5) is 31.4. The molecule has 164 valence electrons. The van der Waals surface area contributed by atoms with Crippen molar-refractivity contribution in [3.63, 3.8) is 0 Å². The Balaban J connectivity index is 1.73. The predicted molar refractivity (Wildman–Crippen MR) is 119 cm³/mol. The largest absolute Gasteiger partial charge is 0.463 e. The molecule has 1 atom stereocenters. The number of hydrogen-bond acceptors (Lipinski definition) is 8. The molecule has 2 aromatic heterocycles. The second-order valence-electron chi connectivity index (χ2n) is 7.06. The Morgan fingerprint density at radius 2 is 2.12 bits per heavy atom. The Labute approximate surface area is 194 Å². The number of ether oxygens (including phenoxy) is 3. The van der Waals surface area contributed by atoms with E-state index in [1.54, 1.807) is 44.2 Å². The molecule has 0 bridgehead atoms. The van der Waals surface area contributed by atoms with Crippen molar-refractivity contribution in [2.45, 2.75) is 19.9 Å². The van der Waals surface area contributed by atoms with E-state index >= 15 is 0 Å². The highest BCUT2D eigenvalue weighted by atomic mass is 79.9. The molecule has 10 heteroatoms. The van der Waals surface area contributed by atoms with Crippen LogP contribution >= 0.6 is 27.3 Å². The van der Waals surface area contributed by atoms with Gasteiger partial charge in [-0.25, -0.2) is 9.79 Å². The first-order chi connectivity index (χ1) is 15.5. The summed E-state index contributed by atoms with van der Waals surface area (Å²) in [6.45, 7) is 3.81. The number of benzene rings is 1. The average Bonchev–Trinajstić information content (AvgIpc) is 3.46. The Hall–Kier alpha value is -3.11. The van der Waals surface area contributed by atoms with E-state index in [0.29, 0.717) is 48.1 Å². The first kappa shape index (κ1) is 20.8. The normalized spacial score (nSPS) is 17.3. The third-order valence-electron chi connectivity index (χ3n) is 5.10. The van der Waals surface area contributed by atoms with Gasteiger partial charge in [0.1, 0.15) is 5.76 Å². The van der Waals surface area contributed by atoms with Gasteiger partial charge in [0.15, 0.2) is 21.0 Å². The van der Waals surface area contributed by atoms with Gasteiger partial charge in [0.25, 0.3) is 5.56 Å². The number of allylic oxidation sites excluding steroid dienone is 1. The zero-order valence-electron chi connectivity index (χ0n) is 17.1. The lowest BCUT2D eigenvalue weighted by atomic mass is 9.95. The predicted octanol–water partition coefficient (Wildman–Crippen LogP) is 2.88. The summed E-state index contributed by atoms with van der Waals surface area (Å²) in [5, 5.41) is 0. The number of halogens is 1. The SMILES string of the molecule is CCOC(=O)C1=C(C)N=c2s/c(=C\c3ccc(Br)o3)c(=O)n2C1c1ccc2c(c1)OCO2. The van der Waals surface area contributed by atoms with Crippen molar-refractivity contribution >= 4 is 39.3 Å². The second kappa shape index (κ2) is 8.10. The van der Waals surface area contributed by atoms with Gasteiger partial charge in [-0.2, -0.15) is 0 Å². The average molecular weight is 517 g/mol. The van der Waals surface area contributed by atoms with Gasteiger partial charge in [-0.05, 0) is 59.6 Å². The third kappa shape index (κ3) is 3.49. The number of aromatic nitrogens is 1. The summed E-state index contributed by atoms with van der Waals surface area (Å²) in [5.41, 5.74) is 1.23. The van der Waals surface area contributed by atoms with Gasteiger partial charge in [-0.15, -0.1) is 0 Å². The molecule has 4 heterocycles. The van der Waals surface area contributed by atoms with Crippen LogP contribution in [0.25, 0.3) is 6.08 Å². The van der Waals surface area contributed by atoms with Crippen LogP contribution in [0.1, 0.15) is 31.2 Å². The molecule has 8 nitrogen and oxygen atoms in total. The van der Waals surface area contributed by atoms with Gasteiger partial charge >= 0.3 is 5.97 Å². The van der Waals surface area contributed by atoms with Crippen LogP contribution in [0.15, 0.2) is 60.5 Å². The molecule has 0 aliphatic carbocycles. The number of carbonyl (C=O) groups excluding carboxylic acids is 1. The standard InChI is InChI=1S/C22H17BrN2O6S/c1-3-28-21(27)18-11(2)24-22-25(19(18)12-4-6-14-15(8-12)30-10-29-14)20(26)16(32-22)9-13-5-7-17(23)31-13/h4-9,19H,3,10H2,1-2H3/b16-9-. The maximum atomic E-state index is 13.5. The van der Waals surface area contributed by atoms with Gasteiger partial charge in [0, 0.05) is 6.08 Å². The molecule has 0 saturated carbocycles. The van der Waals surface area contributed by atoms with Gasteiger partial charge in [0.05, 0.1) is 28.5 Å². The van der Waals surface area contributed by atoms with E-state index in [0.717, 1.165) is 0 Å². The summed E-state index contributed by atoms with van der Waals surface area (Å²) in [5.74, 6) is 1.19. The second-order valence-corrected chi connectivity index (χ2v) is 8.85. The fourth-order valence-corrected chi connectivity index (χ4v) is 5.07. The van der Waals surface area contributed by atoms with E-state index in [1.807, 2.05) is 6.07 Å². The van der Waals surface area contributed by atoms with Crippen LogP contribution in [0.3, 0.4) is 0 Å². The van der Waals surface area contributed by atoms with Crippen LogP contribution in [0.2, 0.25) is 0 Å². The highest BCUT2D eigenvalue weighted by Gasteiger charge is 2.34. The zero-order valence-corrected chi connectivity index (χ0v) is 19.5. The molecular formula is C22H17BrN2O6S. The number of fused-ring (bicyclic) bond motifs is 2. The third-order valence-corrected chi connectivity index (χ3v) is 6.51. The van der Waals surface area contributed by atoms with Crippen molar-refractivity contribution in [3.8, 4) is 11.5 Å². The smallest absolute Gasteiger partial charge is 0.338 e. The van der Waals surface area contributed by atoms with Gasteiger partial charge in [0.2, 0.25) is 6.79 Å². The molecule has 2 aliphatic heterocycles. The van der Waals surface area contributed by atoms with Crippen molar-refractivity contribution in [3.05, 3.63) is 77.3 Å². The number of thiazole rings is 1. The van der Waals surface area contributed by atoms with E-state index < -0.39 is 12.0 Å². The molecule has 0 N–H and O–H groups in total. The highest BCUT2D eigenvalue weighted by molar-refractivity contribution is 9.10. The van der Waals surface area contributed by atoms with Crippen LogP contribution in [-0.4, -0.2) is 23.9 Å². The fourth-order valence-electron chi connectivity index (χ4n) is 3.73. The van der Waals surface area contributed by atoms with Crippen LogP contribution in [0.5, 0.6) is 11.5 Å². The Morgan fingerprint density at radius 1 is 1.31 bits per heavy atom. The number of carbonyl (C=O) groups is 1. The van der Waals surface area contributed by atoms with Crippen molar-refractivity contribution in [1.29, 1.82) is 0 Å². The molecule has 0 radical (unpaired) electrons. The molecule has 3 aromatic rings. The molecule has 0 amide bonds. The van der Waals surface area contributed by atoms with E-state index in [9.17, 15) is 9.59 Å². The Kier molecular flexibility index (Phi) is 5.26. The van der Waals surface area contributed by atoms with Crippen LogP contribution < -0.4 is 24.4 Å². The van der Waals surface area contributed by atoms with Crippen LogP contribution in [-0.2, 0) is 9.53 Å². The van der Waals surface area contributed by atoms with E-state index in [4.69, 9.17) is 18.6 Å². The lowest BCUT2D eigenvalue weighted by molar-refractivity contribution is -0.139. The van der Waals surface area contributed by atoms with Crippen LogP contribution in [0.4, 0.5) is 0 Å². The van der Waals surface area contributed by atoms with Crippen molar-refractivity contribution in [2.24, 2.45) is 4.99 Å². The molecule has 5 rings (SSSR count). The maximum Gasteiger partial charge on any atom is 0.338 e. The van der Waals surface area contributed by atoms with E-state index in [1.165, 1.54) is 15.9 Å². The number of esters is 1. The number of hydrogen-bond donors (Lipinski definition) is 0. The summed E-state index contributed by atoms with van der Waals surface area (Å²) in [6, 6.07) is 8.16. The molecule has 1 unspecified atom stereocenters. The van der Waals surface area contributed by atoms with E-state index in [2.05, 4.69) is 20.9 Å². The molecular weight excluding hydrogens is 500 g/mol. The monoisotopic (exact) mass is 516 g/mol.